The topological polar surface area (TPSA) is 29.1 Å². The van der Waals surface area contributed by atoms with E-state index in [1.165, 1.54) is 5.56 Å². The highest BCUT2D eigenvalue weighted by Crippen LogP contribution is 2.10. The zero-order valence-corrected chi connectivity index (χ0v) is 10.6. The maximum absolute atomic E-state index is 11.9. The predicted molar refractivity (Wildman–Crippen MR) is 70.5 cm³/mol. The summed E-state index contributed by atoms with van der Waals surface area (Å²) >= 11 is 0. The SMILES string of the molecule is BCc1ccc(C(=O)NC(C)(C)CC)cc1. The van der Waals surface area contributed by atoms with Gasteiger partial charge in [0.05, 0.1) is 0 Å². The van der Waals surface area contributed by atoms with E-state index in [1.807, 2.05) is 38.1 Å². The predicted octanol–water partition coefficient (Wildman–Crippen LogP) is 1.74. The fourth-order valence-corrected chi connectivity index (χ4v) is 1.36. The van der Waals surface area contributed by atoms with Crippen LogP contribution >= 0.6 is 0 Å². The molecule has 0 heterocycles. The fourth-order valence-electron chi connectivity index (χ4n) is 1.36. The number of hydrogen-bond acceptors (Lipinski definition) is 1. The first kappa shape index (κ1) is 12.8. The summed E-state index contributed by atoms with van der Waals surface area (Å²) in [6, 6.07) is 7.79. The lowest BCUT2D eigenvalue weighted by molar-refractivity contribution is 0.0911. The van der Waals surface area contributed by atoms with Crippen LogP contribution in [0.2, 0.25) is 0 Å². The number of hydrogen-bond donors (Lipinski definition) is 1. The molecule has 0 aliphatic rings. The quantitative estimate of drug-likeness (QED) is 0.764. The number of amides is 1. The van der Waals surface area contributed by atoms with Gasteiger partial charge in [0.25, 0.3) is 5.91 Å². The molecule has 0 aliphatic heterocycles. The van der Waals surface area contributed by atoms with Crippen molar-refractivity contribution < 1.29 is 4.79 Å². The molecule has 16 heavy (non-hydrogen) atoms. The summed E-state index contributed by atoms with van der Waals surface area (Å²) in [5.41, 5.74) is 1.85. The van der Waals surface area contributed by atoms with Crippen LogP contribution in [-0.4, -0.2) is 19.3 Å². The lowest BCUT2D eigenvalue weighted by Crippen LogP contribution is -2.42. The molecule has 0 unspecified atom stereocenters. The third-order valence-electron chi connectivity index (χ3n) is 2.96. The second kappa shape index (κ2) is 5.19. The Morgan fingerprint density at radius 2 is 1.88 bits per heavy atom. The molecule has 0 aromatic heterocycles. The average molecular weight is 217 g/mol. The lowest BCUT2D eigenvalue weighted by atomic mass is 9.96. The van der Waals surface area contributed by atoms with Crippen molar-refractivity contribution in [2.24, 2.45) is 0 Å². The molecule has 0 saturated heterocycles. The summed E-state index contributed by atoms with van der Waals surface area (Å²) in [5.74, 6) is 0.00880. The molecule has 2 nitrogen and oxygen atoms in total. The smallest absolute Gasteiger partial charge is 0.251 e. The van der Waals surface area contributed by atoms with Crippen molar-refractivity contribution in [1.29, 1.82) is 0 Å². The molecular formula is C13H20BNO. The number of rotatable bonds is 4. The van der Waals surface area contributed by atoms with Crippen molar-refractivity contribution in [3.8, 4) is 0 Å². The van der Waals surface area contributed by atoms with Gasteiger partial charge in [-0.2, -0.15) is 0 Å². The minimum atomic E-state index is -0.138. The van der Waals surface area contributed by atoms with E-state index in [0.717, 1.165) is 18.3 Å². The van der Waals surface area contributed by atoms with Crippen molar-refractivity contribution in [2.45, 2.75) is 39.1 Å². The molecule has 0 aliphatic carbocycles. The van der Waals surface area contributed by atoms with Crippen LogP contribution in [0.3, 0.4) is 0 Å². The van der Waals surface area contributed by atoms with E-state index in [2.05, 4.69) is 20.1 Å². The van der Waals surface area contributed by atoms with E-state index in [9.17, 15) is 4.79 Å². The van der Waals surface area contributed by atoms with Crippen LogP contribution in [0.25, 0.3) is 0 Å². The van der Waals surface area contributed by atoms with Gasteiger partial charge >= 0.3 is 0 Å². The van der Waals surface area contributed by atoms with Gasteiger partial charge in [-0.25, -0.2) is 0 Å². The standard InChI is InChI=1S/C13H20BNO/c1-4-13(2,3)15-12(16)11-7-5-10(9-14)6-8-11/h5-8H,4,9,14H2,1-3H3,(H,15,16). The van der Waals surface area contributed by atoms with Gasteiger partial charge in [0.15, 0.2) is 0 Å². The molecule has 0 saturated carbocycles. The zero-order chi connectivity index (χ0) is 12.2. The highest BCUT2D eigenvalue weighted by Gasteiger charge is 2.18. The van der Waals surface area contributed by atoms with Gasteiger partial charge < -0.3 is 5.32 Å². The molecule has 86 valence electrons. The van der Waals surface area contributed by atoms with E-state index < -0.39 is 0 Å². The monoisotopic (exact) mass is 217 g/mol. The summed E-state index contributed by atoms with van der Waals surface area (Å²) in [7, 11) is 2.11. The fraction of sp³-hybridized carbons (Fsp3) is 0.462. The molecule has 1 rings (SSSR count). The summed E-state index contributed by atoms with van der Waals surface area (Å²) in [6.07, 6.45) is 1.92. The van der Waals surface area contributed by atoms with Gasteiger partial charge in [-0.05, 0) is 32.4 Å². The van der Waals surface area contributed by atoms with E-state index >= 15 is 0 Å². The average Bonchev–Trinajstić information content (AvgIpc) is 2.28. The summed E-state index contributed by atoms with van der Waals surface area (Å²) in [5, 5.41) is 3.02. The summed E-state index contributed by atoms with van der Waals surface area (Å²) in [6.45, 7) is 6.14. The Morgan fingerprint density at radius 1 is 1.31 bits per heavy atom. The van der Waals surface area contributed by atoms with E-state index in [-0.39, 0.29) is 11.4 Å². The van der Waals surface area contributed by atoms with Gasteiger partial charge in [-0.3, -0.25) is 4.79 Å². The largest absolute Gasteiger partial charge is 0.347 e. The normalized spacial score (nSPS) is 11.2. The first-order chi connectivity index (χ1) is 7.48. The van der Waals surface area contributed by atoms with Crippen LogP contribution in [0, 0.1) is 0 Å². The lowest BCUT2D eigenvalue weighted by Gasteiger charge is -2.24. The van der Waals surface area contributed by atoms with Crippen LogP contribution in [0.1, 0.15) is 43.1 Å². The Kier molecular flexibility index (Phi) is 4.16. The molecule has 1 amide bonds. The van der Waals surface area contributed by atoms with Crippen molar-refractivity contribution in [3.05, 3.63) is 35.4 Å². The maximum atomic E-state index is 11.9. The summed E-state index contributed by atoms with van der Waals surface area (Å²) < 4.78 is 0. The Morgan fingerprint density at radius 3 is 2.31 bits per heavy atom. The van der Waals surface area contributed by atoms with E-state index in [4.69, 9.17) is 0 Å². The van der Waals surface area contributed by atoms with Crippen molar-refractivity contribution in [2.75, 3.05) is 0 Å². The second-order valence-electron chi connectivity index (χ2n) is 4.74. The van der Waals surface area contributed by atoms with Gasteiger partial charge in [0, 0.05) is 11.1 Å². The Labute approximate surface area is 98.8 Å². The molecule has 1 aromatic rings. The third-order valence-corrected chi connectivity index (χ3v) is 2.96. The highest BCUT2D eigenvalue weighted by atomic mass is 16.1. The van der Waals surface area contributed by atoms with Crippen LogP contribution in [0.15, 0.2) is 24.3 Å². The summed E-state index contributed by atoms with van der Waals surface area (Å²) in [4.78, 5) is 11.9. The molecule has 0 bridgehead atoms. The van der Waals surface area contributed by atoms with E-state index in [1.54, 1.807) is 0 Å². The molecule has 0 radical (unpaired) electrons. The van der Waals surface area contributed by atoms with Crippen molar-refractivity contribution in [1.82, 2.24) is 5.32 Å². The van der Waals surface area contributed by atoms with E-state index in [0.29, 0.717) is 0 Å². The molecule has 0 fully saturated rings. The number of carbonyl (C=O) groups excluding carboxylic acids is 1. The number of carbonyl (C=O) groups is 1. The molecule has 1 N–H and O–H groups in total. The minimum absolute atomic E-state index is 0.00880. The Bertz CT molecular complexity index is 357. The van der Waals surface area contributed by atoms with Crippen molar-refractivity contribution >= 4 is 13.8 Å². The molecule has 3 heteroatoms. The Balaban J connectivity index is 2.73. The van der Waals surface area contributed by atoms with Crippen LogP contribution in [-0.2, 0) is 6.32 Å². The Hall–Kier alpha value is -1.25. The van der Waals surface area contributed by atoms with Gasteiger partial charge in [0.2, 0.25) is 0 Å². The first-order valence-corrected chi connectivity index (χ1v) is 5.90. The third kappa shape index (κ3) is 3.40. The molecule has 0 spiro atoms. The van der Waals surface area contributed by atoms with Gasteiger partial charge in [-0.1, -0.05) is 30.9 Å². The number of benzene rings is 1. The van der Waals surface area contributed by atoms with Crippen molar-refractivity contribution in [3.63, 3.8) is 0 Å². The highest BCUT2D eigenvalue weighted by molar-refractivity contribution is 6.08. The molecule has 0 atom stereocenters. The van der Waals surface area contributed by atoms with Crippen LogP contribution in [0.5, 0.6) is 0 Å². The van der Waals surface area contributed by atoms with Crippen LogP contribution < -0.4 is 5.32 Å². The zero-order valence-electron chi connectivity index (χ0n) is 10.6. The van der Waals surface area contributed by atoms with Gasteiger partial charge in [-0.15, -0.1) is 0 Å². The van der Waals surface area contributed by atoms with Gasteiger partial charge in [0.1, 0.15) is 7.85 Å². The second-order valence-corrected chi connectivity index (χ2v) is 4.74. The number of nitrogens with one attached hydrogen (secondary N) is 1. The molecular weight excluding hydrogens is 197 g/mol. The van der Waals surface area contributed by atoms with Crippen LogP contribution in [0.4, 0.5) is 0 Å². The molecule has 1 aromatic carbocycles. The minimum Gasteiger partial charge on any atom is -0.347 e. The first-order valence-electron chi connectivity index (χ1n) is 5.90. The maximum Gasteiger partial charge on any atom is 0.251 e.